The van der Waals surface area contributed by atoms with Gasteiger partial charge in [0.15, 0.2) is 0 Å². The fourth-order valence-electron chi connectivity index (χ4n) is 6.49. The Balaban J connectivity index is 0.0000260. The van der Waals surface area contributed by atoms with E-state index in [9.17, 15) is 0 Å². The van der Waals surface area contributed by atoms with Crippen molar-refractivity contribution < 1.29 is 0 Å². The van der Waals surface area contributed by atoms with Crippen LogP contribution < -0.4 is 53.2 Å². The van der Waals surface area contributed by atoms with E-state index in [2.05, 4.69) is 67.0 Å². The molecule has 10 N–H and O–H groups in total. The van der Waals surface area contributed by atoms with Crippen LogP contribution in [0, 0.1) is 11.8 Å². The maximum atomic E-state index is 3.72. The van der Waals surface area contributed by atoms with E-state index in [1.807, 2.05) is 0 Å². The van der Waals surface area contributed by atoms with Crippen LogP contribution in [0.2, 0.25) is 0 Å². The molecule has 2 atom stereocenters. The molecule has 2 unspecified atom stereocenters. The Bertz CT molecular complexity index is 599. The summed E-state index contributed by atoms with van der Waals surface area (Å²) in [6.45, 7) is 27.6. The van der Waals surface area contributed by atoms with Crippen molar-refractivity contribution in [2.24, 2.45) is 11.8 Å². The van der Waals surface area contributed by atoms with Gasteiger partial charge in [0.25, 0.3) is 0 Å². The van der Waals surface area contributed by atoms with E-state index < -0.39 is 0 Å². The maximum Gasteiger partial charge on any atom is -0.00173 e. The second kappa shape index (κ2) is 45.3. The van der Waals surface area contributed by atoms with E-state index in [0.717, 1.165) is 117 Å². The minimum absolute atomic E-state index is 0. The number of unbranched alkanes of at least 4 members (excludes halogenated alkanes) is 8. The molecule has 0 aromatic rings. The zero-order valence-electron chi connectivity index (χ0n) is 34.7. The van der Waals surface area contributed by atoms with E-state index >= 15 is 0 Å². The highest BCUT2D eigenvalue weighted by Crippen LogP contribution is 2.37. The Hall–Kier alpha value is -0.110. The Labute approximate surface area is 330 Å². The Morgan fingerprint density at radius 1 is 0.269 bits per heavy atom. The largest absolute Gasteiger partial charge is 0.317 e. The lowest BCUT2D eigenvalue weighted by atomic mass is 10.2. The first kappa shape index (κ1) is 51.9. The highest BCUT2D eigenvalue weighted by Gasteiger charge is 2.35. The third kappa shape index (κ3) is 41.1. The van der Waals surface area contributed by atoms with Crippen molar-refractivity contribution in [1.82, 2.24) is 53.2 Å². The standard InChI is InChI=1S/C41H92N10.ClH/c1-3-42-21-5-7-23-44-25-9-11-27-46-29-13-15-31-48-33-17-19-35-50-38-40-37-41(40)39-51-36-20-18-34-49-32-16-14-30-47-28-12-10-26-45-24-8-6-22-43-4-2;/h40-51H,3-39H2,1-2H3;1H. The number of nitrogens with one attached hydrogen (secondary N) is 10. The molecule has 1 rings (SSSR count). The van der Waals surface area contributed by atoms with Gasteiger partial charge in [-0.2, -0.15) is 0 Å². The number of hydrogen-bond acceptors (Lipinski definition) is 10. The SMILES string of the molecule is CCNCCCCNCCCCNCCCCNCCCCNCC1CC1CNCCCCNCCCCNCCCCNCCCCNCC.Cl. The normalized spacial score (nSPS) is 15.3. The van der Waals surface area contributed by atoms with Crippen LogP contribution >= 0.6 is 12.4 Å². The van der Waals surface area contributed by atoms with E-state index in [4.69, 9.17) is 0 Å². The van der Waals surface area contributed by atoms with Crippen molar-refractivity contribution in [3.8, 4) is 0 Å². The van der Waals surface area contributed by atoms with Crippen molar-refractivity contribution in [2.75, 3.05) is 131 Å². The molecule has 10 nitrogen and oxygen atoms in total. The lowest BCUT2D eigenvalue weighted by Crippen LogP contribution is -2.24. The zero-order valence-corrected chi connectivity index (χ0v) is 35.5. The first-order valence-electron chi connectivity index (χ1n) is 22.5. The highest BCUT2D eigenvalue weighted by atomic mass is 35.5. The fourth-order valence-corrected chi connectivity index (χ4v) is 6.49. The summed E-state index contributed by atoms with van der Waals surface area (Å²) in [7, 11) is 0. The highest BCUT2D eigenvalue weighted by molar-refractivity contribution is 5.85. The molecule has 0 radical (unpaired) electrons. The quantitative estimate of drug-likeness (QED) is 0.0414. The van der Waals surface area contributed by atoms with Crippen LogP contribution in [0.3, 0.4) is 0 Å². The zero-order chi connectivity index (χ0) is 36.4. The van der Waals surface area contributed by atoms with Gasteiger partial charge in [0, 0.05) is 0 Å². The summed E-state index contributed by atoms with van der Waals surface area (Å²) in [4.78, 5) is 0. The predicted molar refractivity (Wildman–Crippen MR) is 233 cm³/mol. The van der Waals surface area contributed by atoms with Gasteiger partial charge in [-0.3, -0.25) is 0 Å². The van der Waals surface area contributed by atoms with Gasteiger partial charge in [0.2, 0.25) is 0 Å². The van der Waals surface area contributed by atoms with Gasteiger partial charge >= 0.3 is 0 Å². The molecular weight excluding hydrogens is 668 g/mol. The van der Waals surface area contributed by atoms with Gasteiger partial charge in [0.1, 0.15) is 0 Å². The maximum absolute atomic E-state index is 3.72. The second-order valence-corrected chi connectivity index (χ2v) is 15.0. The Morgan fingerprint density at radius 2 is 0.442 bits per heavy atom. The molecule has 0 aromatic heterocycles. The topological polar surface area (TPSA) is 120 Å². The summed E-state index contributed by atoms with van der Waals surface area (Å²) in [6.07, 6.45) is 21.9. The van der Waals surface area contributed by atoms with Gasteiger partial charge < -0.3 is 53.2 Å². The Kier molecular flexibility index (Phi) is 45.2. The molecule has 0 saturated heterocycles. The van der Waals surface area contributed by atoms with E-state index in [0.29, 0.717) is 0 Å². The van der Waals surface area contributed by atoms with Crippen LogP contribution in [-0.4, -0.2) is 131 Å². The smallest absolute Gasteiger partial charge is 0.00173 e. The van der Waals surface area contributed by atoms with Crippen LogP contribution in [0.4, 0.5) is 0 Å². The predicted octanol–water partition coefficient (Wildman–Crippen LogP) is 4.22. The molecule has 0 amide bonds. The number of hydrogen-bond donors (Lipinski definition) is 10. The lowest BCUT2D eigenvalue weighted by Gasteiger charge is -2.08. The van der Waals surface area contributed by atoms with Crippen LogP contribution in [0.15, 0.2) is 0 Å². The third-order valence-corrected chi connectivity index (χ3v) is 10.0. The van der Waals surface area contributed by atoms with Gasteiger partial charge in [-0.15, -0.1) is 12.4 Å². The molecule has 314 valence electrons. The molecule has 11 heteroatoms. The summed E-state index contributed by atoms with van der Waals surface area (Å²) in [5.41, 5.74) is 0. The summed E-state index contributed by atoms with van der Waals surface area (Å²) in [6, 6.07) is 0. The molecular formula is C41H93ClN10. The van der Waals surface area contributed by atoms with Crippen LogP contribution in [0.5, 0.6) is 0 Å². The molecule has 52 heavy (non-hydrogen) atoms. The molecule has 1 saturated carbocycles. The average Bonchev–Trinajstić information content (AvgIpc) is 3.90. The fraction of sp³-hybridized carbons (Fsp3) is 1.00. The van der Waals surface area contributed by atoms with Crippen LogP contribution in [-0.2, 0) is 0 Å². The number of rotatable bonds is 46. The van der Waals surface area contributed by atoms with Crippen molar-refractivity contribution in [3.05, 3.63) is 0 Å². The molecule has 0 aliphatic heterocycles. The second-order valence-electron chi connectivity index (χ2n) is 15.0. The van der Waals surface area contributed by atoms with Gasteiger partial charge in [-0.1, -0.05) is 13.8 Å². The monoisotopic (exact) mass is 761 g/mol. The number of halogens is 1. The molecule has 0 heterocycles. The van der Waals surface area contributed by atoms with Crippen LogP contribution in [0.1, 0.15) is 123 Å². The first-order valence-corrected chi connectivity index (χ1v) is 22.5. The van der Waals surface area contributed by atoms with Crippen molar-refractivity contribution >= 4 is 12.4 Å². The first-order chi connectivity index (χ1) is 25.4. The molecule has 1 aliphatic rings. The lowest BCUT2D eigenvalue weighted by molar-refractivity contribution is 0.520. The summed E-state index contributed by atoms with van der Waals surface area (Å²) in [5.74, 6) is 1.82. The average molecular weight is 762 g/mol. The van der Waals surface area contributed by atoms with E-state index in [-0.39, 0.29) is 12.4 Å². The minimum atomic E-state index is 0. The van der Waals surface area contributed by atoms with Gasteiger partial charge in [0.05, 0.1) is 0 Å². The molecule has 0 aromatic carbocycles. The summed E-state index contributed by atoms with van der Waals surface area (Å²) >= 11 is 0. The summed E-state index contributed by atoms with van der Waals surface area (Å²) < 4.78 is 0. The van der Waals surface area contributed by atoms with Crippen molar-refractivity contribution in [1.29, 1.82) is 0 Å². The van der Waals surface area contributed by atoms with E-state index in [1.54, 1.807) is 0 Å². The van der Waals surface area contributed by atoms with Crippen molar-refractivity contribution in [2.45, 2.75) is 123 Å². The van der Waals surface area contributed by atoms with Crippen LogP contribution in [0.25, 0.3) is 0 Å². The van der Waals surface area contributed by atoms with Gasteiger partial charge in [-0.25, -0.2) is 0 Å². The van der Waals surface area contributed by atoms with E-state index in [1.165, 1.54) is 135 Å². The molecule has 0 spiro atoms. The van der Waals surface area contributed by atoms with Crippen molar-refractivity contribution in [3.63, 3.8) is 0 Å². The summed E-state index contributed by atoms with van der Waals surface area (Å²) in [5, 5.41) is 35.8. The molecule has 1 aliphatic carbocycles. The Morgan fingerprint density at radius 3 is 0.635 bits per heavy atom. The van der Waals surface area contributed by atoms with Gasteiger partial charge in [-0.05, 0) is 252 Å². The minimum Gasteiger partial charge on any atom is -0.317 e. The third-order valence-electron chi connectivity index (χ3n) is 10.0. The molecule has 0 bridgehead atoms. The molecule has 1 fully saturated rings.